The van der Waals surface area contributed by atoms with Crippen LogP contribution in [0.2, 0.25) is 0 Å². The first kappa shape index (κ1) is 14.7. The molecule has 118 valence electrons. The van der Waals surface area contributed by atoms with Crippen LogP contribution in [0.5, 0.6) is 0 Å². The van der Waals surface area contributed by atoms with Crippen molar-refractivity contribution < 1.29 is 17.9 Å². The molecule has 1 fully saturated rings. The van der Waals surface area contributed by atoms with Crippen molar-refractivity contribution in [1.82, 2.24) is 9.80 Å². The number of fused-ring (bicyclic) bond motifs is 1. The molecule has 0 radical (unpaired) electrons. The molecule has 0 aliphatic carbocycles. The Kier molecular flexibility index (Phi) is 3.72. The van der Waals surface area contributed by atoms with Crippen molar-refractivity contribution in [2.75, 3.05) is 20.3 Å². The van der Waals surface area contributed by atoms with E-state index in [2.05, 4.69) is 21.7 Å². The van der Waals surface area contributed by atoms with Gasteiger partial charge >= 0.3 is 0 Å². The van der Waals surface area contributed by atoms with Crippen LogP contribution in [0.1, 0.15) is 12.5 Å². The van der Waals surface area contributed by atoms with E-state index in [9.17, 15) is 13.2 Å². The van der Waals surface area contributed by atoms with E-state index in [4.69, 9.17) is 4.74 Å². The zero-order valence-electron chi connectivity index (χ0n) is 12.3. The molecule has 0 aromatic heterocycles. The van der Waals surface area contributed by atoms with Gasteiger partial charge in [-0.05, 0) is 13.0 Å². The Balaban J connectivity index is 1.70. The summed E-state index contributed by atoms with van der Waals surface area (Å²) in [7, 11) is 1.98. The van der Waals surface area contributed by atoms with Crippen LogP contribution < -0.4 is 0 Å². The third-order valence-electron chi connectivity index (χ3n) is 3.95. The van der Waals surface area contributed by atoms with E-state index in [1.54, 1.807) is 6.08 Å². The predicted octanol–water partition coefficient (Wildman–Crippen LogP) is 2.47. The number of hydrogen-bond donors (Lipinski definition) is 0. The van der Waals surface area contributed by atoms with E-state index in [1.165, 1.54) is 0 Å². The highest BCUT2D eigenvalue weighted by Crippen LogP contribution is 2.24. The molecule has 2 aliphatic heterocycles. The molecule has 2 heterocycles. The van der Waals surface area contributed by atoms with Gasteiger partial charge in [0.2, 0.25) is 5.90 Å². The lowest BCUT2D eigenvalue weighted by Crippen LogP contribution is -2.27. The fourth-order valence-electron chi connectivity index (χ4n) is 2.53. The smallest absolute Gasteiger partial charge is 0.214 e. The standard InChI is InChI=1S/C15H16F3N3O/c1-9-6-21-8-19-14(5-15(21)20(9)2)22-7-10-3-12(17)13(18)4-11(10)16/h3-5,9H,6-8H2,1-2H3. The number of hydrogen-bond acceptors (Lipinski definition) is 4. The summed E-state index contributed by atoms with van der Waals surface area (Å²) in [5.74, 6) is -1.80. The van der Waals surface area contributed by atoms with Crippen molar-refractivity contribution in [2.45, 2.75) is 19.6 Å². The van der Waals surface area contributed by atoms with Gasteiger partial charge in [0.05, 0.1) is 0 Å². The molecule has 1 atom stereocenters. The number of nitrogens with zero attached hydrogens (tertiary/aromatic N) is 3. The van der Waals surface area contributed by atoms with Gasteiger partial charge in [-0.2, -0.15) is 0 Å². The first-order chi connectivity index (χ1) is 10.5. The second kappa shape index (κ2) is 5.55. The van der Waals surface area contributed by atoms with Crippen molar-refractivity contribution in [1.29, 1.82) is 0 Å². The fourth-order valence-corrected chi connectivity index (χ4v) is 2.53. The van der Waals surface area contributed by atoms with Crippen LogP contribution in [0, 0.1) is 17.5 Å². The monoisotopic (exact) mass is 311 g/mol. The van der Waals surface area contributed by atoms with Crippen molar-refractivity contribution >= 4 is 5.90 Å². The van der Waals surface area contributed by atoms with E-state index < -0.39 is 17.5 Å². The van der Waals surface area contributed by atoms with E-state index in [0.717, 1.165) is 18.4 Å². The lowest BCUT2D eigenvalue weighted by Gasteiger charge is -2.24. The number of ether oxygens (including phenoxy) is 1. The number of halogens is 3. The topological polar surface area (TPSA) is 28.1 Å². The van der Waals surface area contributed by atoms with Gasteiger partial charge in [0.15, 0.2) is 11.6 Å². The SMILES string of the molecule is CC1CN2CN=C(OCc3cc(F)c(F)cc3F)C=C2N1C. The Morgan fingerprint density at radius 1 is 1.23 bits per heavy atom. The zero-order valence-corrected chi connectivity index (χ0v) is 12.3. The van der Waals surface area contributed by atoms with E-state index in [0.29, 0.717) is 24.7 Å². The van der Waals surface area contributed by atoms with Gasteiger partial charge in [-0.15, -0.1) is 0 Å². The summed E-state index contributed by atoms with van der Waals surface area (Å²) in [4.78, 5) is 8.47. The third-order valence-corrected chi connectivity index (χ3v) is 3.95. The maximum Gasteiger partial charge on any atom is 0.214 e. The Morgan fingerprint density at radius 2 is 1.95 bits per heavy atom. The van der Waals surface area contributed by atoms with Gasteiger partial charge < -0.3 is 14.5 Å². The summed E-state index contributed by atoms with van der Waals surface area (Å²) in [6.07, 6.45) is 1.77. The van der Waals surface area contributed by atoms with Crippen LogP contribution in [-0.2, 0) is 11.3 Å². The molecule has 0 amide bonds. The number of rotatable bonds is 2. The molecule has 1 aromatic rings. The van der Waals surface area contributed by atoms with Gasteiger partial charge in [0, 0.05) is 37.3 Å². The second-order valence-corrected chi connectivity index (χ2v) is 5.47. The highest BCUT2D eigenvalue weighted by atomic mass is 19.2. The Hall–Kier alpha value is -2.18. The molecule has 1 aromatic carbocycles. The van der Waals surface area contributed by atoms with Crippen molar-refractivity contribution in [3.8, 4) is 0 Å². The van der Waals surface area contributed by atoms with Crippen LogP contribution in [0.3, 0.4) is 0 Å². The molecule has 0 saturated carbocycles. The van der Waals surface area contributed by atoms with Crippen molar-refractivity contribution in [3.05, 3.63) is 47.0 Å². The minimum absolute atomic E-state index is 0.0458. The van der Waals surface area contributed by atoms with Crippen LogP contribution in [0.15, 0.2) is 29.0 Å². The average molecular weight is 311 g/mol. The summed E-state index contributed by atoms with van der Waals surface area (Å²) >= 11 is 0. The highest BCUT2D eigenvalue weighted by molar-refractivity contribution is 5.88. The normalized spacial score (nSPS) is 20.7. The average Bonchev–Trinajstić information content (AvgIpc) is 2.77. The first-order valence-electron chi connectivity index (χ1n) is 6.96. The summed E-state index contributed by atoms with van der Waals surface area (Å²) in [6, 6.07) is 1.70. The lowest BCUT2D eigenvalue weighted by molar-refractivity contribution is 0.273. The quantitative estimate of drug-likeness (QED) is 0.786. The molecule has 1 unspecified atom stereocenters. The number of likely N-dealkylation sites (N-methyl/N-ethyl adjacent to an activating group) is 1. The van der Waals surface area contributed by atoms with Gasteiger partial charge in [0.1, 0.15) is 24.9 Å². The minimum atomic E-state index is -1.21. The third kappa shape index (κ3) is 2.63. The van der Waals surface area contributed by atoms with E-state index in [1.807, 2.05) is 7.05 Å². The molecule has 2 aliphatic rings. The number of benzene rings is 1. The first-order valence-corrected chi connectivity index (χ1v) is 6.96. The summed E-state index contributed by atoms with van der Waals surface area (Å²) in [5.41, 5.74) is -0.0458. The Labute approximate surface area is 126 Å². The van der Waals surface area contributed by atoms with E-state index >= 15 is 0 Å². The minimum Gasteiger partial charge on any atom is -0.473 e. The summed E-state index contributed by atoms with van der Waals surface area (Å²) in [5, 5.41) is 0. The summed E-state index contributed by atoms with van der Waals surface area (Å²) < 4.78 is 45.0. The predicted molar refractivity (Wildman–Crippen MR) is 75.4 cm³/mol. The lowest BCUT2D eigenvalue weighted by atomic mass is 10.2. The molecular weight excluding hydrogens is 295 g/mol. The van der Waals surface area contributed by atoms with Gasteiger partial charge in [-0.3, -0.25) is 0 Å². The molecule has 0 N–H and O–H groups in total. The van der Waals surface area contributed by atoms with Gasteiger partial charge in [-0.25, -0.2) is 18.2 Å². The second-order valence-electron chi connectivity index (χ2n) is 5.47. The Morgan fingerprint density at radius 3 is 2.73 bits per heavy atom. The number of aliphatic imine (C=N–C) groups is 1. The molecular formula is C15H16F3N3O. The zero-order chi connectivity index (χ0) is 15.9. The van der Waals surface area contributed by atoms with Crippen LogP contribution in [-0.4, -0.2) is 42.0 Å². The molecule has 22 heavy (non-hydrogen) atoms. The molecule has 3 rings (SSSR count). The van der Waals surface area contributed by atoms with Crippen molar-refractivity contribution in [3.63, 3.8) is 0 Å². The molecule has 0 bridgehead atoms. The molecule has 7 heteroatoms. The maximum absolute atomic E-state index is 13.6. The van der Waals surface area contributed by atoms with Crippen LogP contribution in [0.4, 0.5) is 13.2 Å². The molecule has 0 spiro atoms. The maximum atomic E-state index is 13.6. The molecule has 4 nitrogen and oxygen atoms in total. The van der Waals surface area contributed by atoms with Crippen LogP contribution in [0.25, 0.3) is 0 Å². The fraction of sp³-hybridized carbons (Fsp3) is 0.400. The summed E-state index contributed by atoms with van der Waals surface area (Å²) in [6.45, 7) is 3.26. The molecule has 1 saturated heterocycles. The van der Waals surface area contributed by atoms with Gasteiger partial charge in [0.25, 0.3) is 0 Å². The van der Waals surface area contributed by atoms with Gasteiger partial charge in [-0.1, -0.05) is 0 Å². The van der Waals surface area contributed by atoms with Crippen LogP contribution >= 0.6 is 0 Å². The Bertz CT molecular complexity index is 656. The highest BCUT2D eigenvalue weighted by Gasteiger charge is 2.30. The van der Waals surface area contributed by atoms with Crippen molar-refractivity contribution in [2.24, 2.45) is 4.99 Å². The largest absolute Gasteiger partial charge is 0.473 e. The van der Waals surface area contributed by atoms with E-state index in [-0.39, 0.29) is 12.2 Å².